The average Bonchev–Trinajstić information content (AvgIpc) is 2.63. The number of likely N-dealkylation sites (N-methyl/N-ethyl adjacent to an activating group) is 1. The first-order valence-corrected chi connectivity index (χ1v) is 10.3. The van der Waals surface area contributed by atoms with Crippen LogP contribution >= 0.6 is 0 Å². The Morgan fingerprint density at radius 1 is 0.958 bits per heavy atom. The molecule has 0 aromatic heterocycles. The van der Waals surface area contributed by atoms with E-state index in [1.807, 2.05) is 0 Å². The summed E-state index contributed by atoms with van der Waals surface area (Å²) in [5, 5.41) is 7.04. The highest BCUT2D eigenvalue weighted by molar-refractivity contribution is 5.80. The Kier molecular flexibility index (Phi) is 9.51. The lowest BCUT2D eigenvalue weighted by molar-refractivity contribution is 0.136. The summed E-state index contributed by atoms with van der Waals surface area (Å²) in [4.78, 5) is 9.94. The molecule has 0 bridgehead atoms. The third kappa shape index (κ3) is 7.39. The van der Waals surface area contributed by atoms with Crippen molar-refractivity contribution in [1.82, 2.24) is 20.4 Å². The van der Waals surface area contributed by atoms with Crippen molar-refractivity contribution < 1.29 is 0 Å². The molecule has 1 aliphatic heterocycles. The fourth-order valence-corrected chi connectivity index (χ4v) is 3.73. The number of hydrogen-bond donors (Lipinski definition) is 2. The molecule has 24 heavy (non-hydrogen) atoms. The quantitative estimate of drug-likeness (QED) is 0.405. The molecule has 0 atom stereocenters. The Morgan fingerprint density at radius 3 is 2.33 bits per heavy atom. The zero-order valence-corrected chi connectivity index (χ0v) is 16.0. The summed E-state index contributed by atoms with van der Waals surface area (Å²) in [6.07, 6.45) is 9.18. The van der Waals surface area contributed by atoms with E-state index in [1.165, 1.54) is 84.2 Å². The molecule has 2 fully saturated rings. The largest absolute Gasteiger partial charge is 0.357 e. The maximum Gasteiger partial charge on any atom is 0.191 e. The van der Waals surface area contributed by atoms with Gasteiger partial charge in [-0.2, -0.15) is 0 Å². The van der Waals surface area contributed by atoms with Gasteiger partial charge in [0, 0.05) is 45.3 Å². The number of hydrogen-bond acceptors (Lipinski definition) is 3. The maximum absolute atomic E-state index is 4.78. The lowest BCUT2D eigenvalue weighted by Gasteiger charge is -2.33. The van der Waals surface area contributed by atoms with Crippen LogP contribution < -0.4 is 10.6 Å². The molecule has 0 aromatic carbocycles. The van der Waals surface area contributed by atoms with Crippen molar-refractivity contribution in [3.05, 3.63) is 0 Å². The number of piperazine rings is 1. The highest BCUT2D eigenvalue weighted by Crippen LogP contribution is 2.17. The van der Waals surface area contributed by atoms with E-state index in [0.29, 0.717) is 6.04 Å². The first-order valence-electron chi connectivity index (χ1n) is 10.3. The molecule has 5 heteroatoms. The first-order chi connectivity index (χ1) is 11.8. The molecule has 0 radical (unpaired) electrons. The van der Waals surface area contributed by atoms with E-state index >= 15 is 0 Å². The minimum Gasteiger partial charge on any atom is -0.357 e. The van der Waals surface area contributed by atoms with Crippen molar-refractivity contribution in [1.29, 1.82) is 0 Å². The molecular weight excluding hydrogens is 298 g/mol. The summed E-state index contributed by atoms with van der Waals surface area (Å²) in [6, 6.07) is 0.631. The molecule has 2 N–H and O–H groups in total. The summed E-state index contributed by atoms with van der Waals surface area (Å²) in [5.41, 5.74) is 0. The summed E-state index contributed by atoms with van der Waals surface area (Å²) in [7, 11) is 0. The van der Waals surface area contributed by atoms with Crippen LogP contribution in [0.4, 0.5) is 0 Å². The summed E-state index contributed by atoms with van der Waals surface area (Å²) >= 11 is 0. The third-order valence-electron chi connectivity index (χ3n) is 5.35. The number of aliphatic imine (C=N–C) groups is 1. The molecule has 1 saturated heterocycles. The van der Waals surface area contributed by atoms with Gasteiger partial charge in [0.1, 0.15) is 0 Å². The molecule has 140 valence electrons. The van der Waals surface area contributed by atoms with Crippen molar-refractivity contribution >= 4 is 5.96 Å². The smallest absolute Gasteiger partial charge is 0.191 e. The van der Waals surface area contributed by atoms with Crippen molar-refractivity contribution in [2.24, 2.45) is 4.99 Å². The predicted molar refractivity (Wildman–Crippen MR) is 104 cm³/mol. The Hall–Kier alpha value is -0.810. The van der Waals surface area contributed by atoms with Gasteiger partial charge in [0.2, 0.25) is 0 Å². The van der Waals surface area contributed by atoms with Crippen LogP contribution in [-0.4, -0.2) is 74.2 Å². The number of rotatable bonds is 8. The highest BCUT2D eigenvalue weighted by Gasteiger charge is 2.15. The van der Waals surface area contributed by atoms with E-state index in [-0.39, 0.29) is 0 Å². The highest BCUT2D eigenvalue weighted by atomic mass is 15.3. The lowest BCUT2D eigenvalue weighted by atomic mass is 9.96. The molecule has 1 heterocycles. The van der Waals surface area contributed by atoms with Crippen LogP contribution in [0.5, 0.6) is 0 Å². The molecule has 0 spiro atoms. The monoisotopic (exact) mass is 337 g/mol. The van der Waals surface area contributed by atoms with Gasteiger partial charge >= 0.3 is 0 Å². The van der Waals surface area contributed by atoms with Gasteiger partial charge in [-0.25, -0.2) is 0 Å². The Bertz CT molecular complexity index is 344. The fourth-order valence-electron chi connectivity index (χ4n) is 3.73. The second kappa shape index (κ2) is 11.7. The zero-order chi connectivity index (χ0) is 17.0. The van der Waals surface area contributed by atoms with Crippen molar-refractivity contribution in [2.75, 3.05) is 52.4 Å². The van der Waals surface area contributed by atoms with E-state index < -0.39 is 0 Å². The van der Waals surface area contributed by atoms with Gasteiger partial charge in [0.25, 0.3) is 0 Å². The number of unbranched alkanes of at least 4 members (excludes halogenated alkanes) is 1. The van der Waals surface area contributed by atoms with Crippen LogP contribution in [0.3, 0.4) is 0 Å². The third-order valence-corrected chi connectivity index (χ3v) is 5.35. The SMILES string of the molecule is CCNC(=NCCCCN1CCN(CC)CC1)NC1CCCCC1. The summed E-state index contributed by atoms with van der Waals surface area (Å²) in [6.45, 7) is 13.7. The average molecular weight is 338 g/mol. The van der Waals surface area contributed by atoms with Gasteiger partial charge < -0.3 is 20.4 Å². The molecule has 2 rings (SSSR count). The normalized spacial score (nSPS) is 21.8. The van der Waals surface area contributed by atoms with Crippen molar-refractivity contribution in [3.8, 4) is 0 Å². The van der Waals surface area contributed by atoms with Gasteiger partial charge in [0.15, 0.2) is 5.96 Å². The molecule has 1 saturated carbocycles. The number of guanidine groups is 1. The lowest BCUT2D eigenvalue weighted by Crippen LogP contribution is -2.46. The van der Waals surface area contributed by atoms with Gasteiger partial charge in [-0.1, -0.05) is 26.2 Å². The topological polar surface area (TPSA) is 42.9 Å². The van der Waals surface area contributed by atoms with Crippen molar-refractivity contribution in [3.63, 3.8) is 0 Å². The Balaban J connectivity index is 1.59. The Morgan fingerprint density at radius 2 is 1.67 bits per heavy atom. The fraction of sp³-hybridized carbons (Fsp3) is 0.947. The minimum atomic E-state index is 0.631. The van der Waals surface area contributed by atoms with Gasteiger partial charge in [0.05, 0.1) is 0 Å². The molecular formula is C19H39N5. The number of nitrogens with one attached hydrogen (secondary N) is 2. The standard InChI is InChI=1S/C19H39N5/c1-3-20-19(22-18-10-6-5-7-11-18)21-12-8-9-13-24-16-14-23(4-2)15-17-24/h18H,3-17H2,1-2H3,(H2,20,21,22). The first kappa shape index (κ1) is 19.5. The zero-order valence-electron chi connectivity index (χ0n) is 16.0. The van der Waals surface area contributed by atoms with Gasteiger partial charge in [-0.05, 0) is 45.7 Å². The molecule has 5 nitrogen and oxygen atoms in total. The predicted octanol–water partition coefficient (Wildman–Crippen LogP) is 2.29. The van der Waals surface area contributed by atoms with E-state index in [2.05, 4.69) is 34.3 Å². The van der Waals surface area contributed by atoms with Crippen LogP contribution in [0, 0.1) is 0 Å². The Labute approximate surface area is 149 Å². The van der Waals surface area contributed by atoms with Crippen molar-refractivity contribution in [2.45, 2.75) is 64.8 Å². The van der Waals surface area contributed by atoms with Crippen LogP contribution in [0.1, 0.15) is 58.8 Å². The molecule has 0 aromatic rings. The molecule has 0 amide bonds. The van der Waals surface area contributed by atoms with E-state index in [4.69, 9.17) is 4.99 Å². The van der Waals surface area contributed by atoms with Crippen LogP contribution in [-0.2, 0) is 0 Å². The molecule has 1 aliphatic carbocycles. The van der Waals surface area contributed by atoms with E-state index in [1.54, 1.807) is 0 Å². The minimum absolute atomic E-state index is 0.631. The van der Waals surface area contributed by atoms with E-state index in [0.717, 1.165) is 19.0 Å². The molecule has 0 unspecified atom stereocenters. The van der Waals surface area contributed by atoms with Gasteiger partial charge in [-0.3, -0.25) is 4.99 Å². The van der Waals surface area contributed by atoms with Crippen LogP contribution in [0.15, 0.2) is 4.99 Å². The molecule has 2 aliphatic rings. The number of nitrogens with zero attached hydrogens (tertiary/aromatic N) is 3. The van der Waals surface area contributed by atoms with E-state index in [9.17, 15) is 0 Å². The second-order valence-corrected chi connectivity index (χ2v) is 7.22. The van der Waals surface area contributed by atoms with Gasteiger partial charge in [-0.15, -0.1) is 0 Å². The second-order valence-electron chi connectivity index (χ2n) is 7.22. The summed E-state index contributed by atoms with van der Waals surface area (Å²) < 4.78 is 0. The van der Waals surface area contributed by atoms with Crippen LogP contribution in [0.2, 0.25) is 0 Å². The summed E-state index contributed by atoms with van der Waals surface area (Å²) in [5.74, 6) is 1.03. The van der Waals surface area contributed by atoms with Crippen LogP contribution in [0.25, 0.3) is 0 Å². The maximum atomic E-state index is 4.78.